The molecule has 2 fully saturated rings. The van der Waals surface area contributed by atoms with Crippen molar-refractivity contribution in [2.75, 3.05) is 0 Å². The van der Waals surface area contributed by atoms with Gasteiger partial charge >= 0.3 is 0 Å². The van der Waals surface area contributed by atoms with Crippen molar-refractivity contribution in [2.24, 2.45) is 0 Å². The van der Waals surface area contributed by atoms with E-state index in [9.17, 15) is 9.90 Å². The van der Waals surface area contributed by atoms with Crippen LogP contribution in [0.1, 0.15) is 75.1 Å². The second-order valence-corrected chi connectivity index (χ2v) is 7.59. The maximum atomic E-state index is 12.2. The molecule has 2 saturated carbocycles. The van der Waals surface area contributed by atoms with Crippen molar-refractivity contribution in [1.29, 1.82) is 0 Å². The second-order valence-electron chi connectivity index (χ2n) is 6.30. The van der Waals surface area contributed by atoms with Crippen LogP contribution in [-0.2, 0) is 5.75 Å². The lowest BCUT2D eigenvalue weighted by Crippen LogP contribution is -2.19. The number of H-pyrrole nitrogens is 1. The molecule has 0 spiro atoms. The highest BCUT2D eigenvalue weighted by Crippen LogP contribution is 2.36. The number of hydrogen-bond donors (Lipinski definition) is 2. The van der Waals surface area contributed by atoms with E-state index in [1.807, 2.05) is 11.8 Å². The lowest BCUT2D eigenvalue weighted by molar-refractivity contribution is 0.433. The highest BCUT2D eigenvalue weighted by molar-refractivity contribution is 7.99. The number of aromatic amines is 1. The third-order valence-electron chi connectivity index (χ3n) is 4.76. The lowest BCUT2D eigenvalue weighted by Gasteiger charge is -2.20. The van der Waals surface area contributed by atoms with Gasteiger partial charge in [-0.25, -0.2) is 0 Å². The van der Waals surface area contributed by atoms with E-state index < -0.39 is 0 Å². The Bertz CT molecular complexity index is 532. The molecule has 0 aromatic carbocycles. The first kappa shape index (κ1) is 14.9. The maximum absolute atomic E-state index is 12.2. The lowest BCUT2D eigenvalue weighted by atomic mass is 10.00. The quantitative estimate of drug-likeness (QED) is 0.890. The molecular weight excluding hydrogens is 284 g/mol. The van der Waals surface area contributed by atoms with Gasteiger partial charge in [-0.1, -0.05) is 32.1 Å². The molecular formula is C16H24N2O2S. The summed E-state index contributed by atoms with van der Waals surface area (Å²) in [5.74, 6) is 1.47. The van der Waals surface area contributed by atoms with Crippen LogP contribution in [0.25, 0.3) is 0 Å². The van der Waals surface area contributed by atoms with E-state index >= 15 is 0 Å². The number of aromatic hydroxyl groups is 1. The SMILES string of the molecule is O=c1[nH]c(CSC2CCCCC2)nc(O)c1C1CCCC1. The minimum Gasteiger partial charge on any atom is -0.493 e. The Morgan fingerprint density at radius 2 is 1.76 bits per heavy atom. The van der Waals surface area contributed by atoms with Gasteiger partial charge in [0.15, 0.2) is 0 Å². The van der Waals surface area contributed by atoms with Gasteiger partial charge in [-0.2, -0.15) is 16.7 Å². The smallest absolute Gasteiger partial charge is 0.258 e. The average molecular weight is 308 g/mol. The Kier molecular flexibility index (Phi) is 4.88. The molecule has 5 heteroatoms. The zero-order valence-electron chi connectivity index (χ0n) is 12.4. The fourth-order valence-electron chi connectivity index (χ4n) is 3.60. The average Bonchev–Trinajstić information content (AvgIpc) is 2.99. The molecule has 0 radical (unpaired) electrons. The van der Waals surface area contributed by atoms with E-state index in [1.54, 1.807) is 0 Å². The molecule has 1 heterocycles. The van der Waals surface area contributed by atoms with Gasteiger partial charge in [0.25, 0.3) is 5.56 Å². The first-order chi connectivity index (χ1) is 10.2. The minimum absolute atomic E-state index is 0.0371. The third-order valence-corrected chi connectivity index (χ3v) is 6.14. The Morgan fingerprint density at radius 1 is 1.10 bits per heavy atom. The number of thioether (sulfide) groups is 1. The number of nitrogens with one attached hydrogen (secondary N) is 1. The van der Waals surface area contributed by atoms with Crippen LogP contribution in [0, 0.1) is 0 Å². The zero-order valence-corrected chi connectivity index (χ0v) is 13.3. The molecule has 116 valence electrons. The molecule has 0 unspecified atom stereocenters. The van der Waals surface area contributed by atoms with Gasteiger partial charge < -0.3 is 10.1 Å². The van der Waals surface area contributed by atoms with E-state index in [4.69, 9.17) is 0 Å². The molecule has 2 N–H and O–H groups in total. The van der Waals surface area contributed by atoms with Crippen LogP contribution in [0.2, 0.25) is 0 Å². The van der Waals surface area contributed by atoms with Crippen molar-refractivity contribution in [2.45, 2.75) is 74.7 Å². The standard InChI is InChI=1S/C16H24N2O2S/c19-15-14(11-6-4-5-7-11)16(20)18-13(17-15)10-21-12-8-2-1-3-9-12/h11-12H,1-10H2,(H2,17,18,19,20). The minimum atomic E-state index is -0.131. The van der Waals surface area contributed by atoms with E-state index in [2.05, 4.69) is 9.97 Å². The highest BCUT2D eigenvalue weighted by Gasteiger charge is 2.24. The molecule has 3 rings (SSSR count). The maximum Gasteiger partial charge on any atom is 0.258 e. The predicted molar refractivity (Wildman–Crippen MR) is 85.9 cm³/mol. The predicted octanol–water partition coefficient (Wildman–Crippen LogP) is 3.70. The number of rotatable bonds is 4. The summed E-state index contributed by atoms with van der Waals surface area (Å²) in [6, 6.07) is 0. The van der Waals surface area contributed by atoms with Crippen molar-refractivity contribution >= 4 is 11.8 Å². The van der Waals surface area contributed by atoms with E-state index in [0.717, 1.165) is 25.7 Å². The topological polar surface area (TPSA) is 66.0 Å². The van der Waals surface area contributed by atoms with E-state index in [1.165, 1.54) is 32.1 Å². The fourth-order valence-corrected chi connectivity index (χ4v) is 4.79. The van der Waals surface area contributed by atoms with Crippen LogP contribution in [0.3, 0.4) is 0 Å². The van der Waals surface area contributed by atoms with Gasteiger partial charge in [0.1, 0.15) is 5.82 Å². The molecule has 1 aromatic heterocycles. The second kappa shape index (κ2) is 6.86. The molecule has 0 aliphatic heterocycles. The first-order valence-electron chi connectivity index (χ1n) is 8.17. The normalized spacial score (nSPS) is 21.0. The summed E-state index contributed by atoms with van der Waals surface area (Å²) in [4.78, 5) is 19.4. The van der Waals surface area contributed by atoms with Crippen LogP contribution >= 0.6 is 11.8 Å². The Morgan fingerprint density at radius 3 is 2.43 bits per heavy atom. The van der Waals surface area contributed by atoms with Crippen molar-refractivity contribution in [3.8, 4) is 5.88 Å². The van der Waals surface area contributed by atoms with Crippen molar-refractivity contribution in [1.82, 2.24) is 9.97 Å². The summed E-state index contributed by atoms with van der Waals surface area (Å²) in [6.45, 7) is 0. The van der Waals surface area contributed by atoms with Crippen LogP contribution in [0.5, 0.6) is 5.88 Å². The largest absolute Gasteiger partial charge is 0.493 e. The van der Waals surface area contributed by atoms with Crippen LogP contribution < -0.4 is 5.56 Å². The van der Waals surface area contributed by atoms with Crippen molar-refractivity contribution < 1.29 is 5.11 Å². The molecule has 0 amide bonds. The Balaban J connectivity index is 1.67. The molecule has 2 aliphatic carbocycles. The zero-order chi connectivity index (χ0) is 14.7. The number of aromatic nitrogens is 2. The van der Waals surface area contributed by atoms with Crippen molar-refractivity contribution in [3.63, 3.8) is 0 Å². The molecule has 0 bridgehead atoms. The Labute approximate surface area is 129 Å². The summed E-state index contributed by atoms with van der Waals surface area (Å²) >= 11 is 1.86. The third kappa shape index (κ3) is 3.62. The summed E-state index contributed by atoms with van der Waals surface area (Å²) in [7, 11) is 0. The number of hydrogen-bond acceptors (Lipinski definition) is 4. The van der Waals surface area contributed by atoms with Gasteiger partial charge in [-0.3, -0.25) is 4.79 Å². The van der Waals surface area contributed by atoms with Gasteiger partial charge in [0.2, 0.25) is 5.88 Å². The summed E-state index contributed by atoms with van der Waals surface area (Å²) in [5, 5.41) is 10.8. The van der Waals surface area contributed by atoms with Crippen LogP contribution in [0.15, 0.2) is 4.79 Å². The Hall–Kier alpha value is -0.970. The summed E-state index contributed by atoms with van der Waals surface area (Å²) in [5.41, 5.74) is 0.382. The van der Waals surface area contributed by atoms with Crippen LogP contribution in [0.4, 0.5) is 0 Å². The molecule has 2 aliphatic rings. The number of nitrogens with zero attached hydrogens (tertiary/aromatic N) is 1. The first-order valence-corrected chi connectivity index (χ1v) is 9.22. The summed E-state index contributed by atoms with van der Waals surface area (Å²) < 4.78 is 0. The van der Waals surface area contributed by atoms with E-state index in [-0.39, 0.29) is 17.4 Å². The van der Waals surface area contributed by atoms with Crippen molar-refractivity contribution in [3.05, 3.63) is 21.7 Å². The molecule has 0 saturated heterocycles. The highest BCUT2D eigenvalue weighted by atomic mass is 32.2. The molecule has 21 heavy (non-hydrogen) atoms. The van der Waals surface area contributed by atoms with Gasteiger partial charge in [0.05, 0.1) is 11.3 Å². The monoisotopic (exact) mass is 308 g/mol. The van der Waals surface area contributed by atoms with E-state index in [0.29, 0.717) is 22.4 Å². The van der Waals surface area contributed by atoms with Crippen LogP contribution in [-0.4, -0.2) is 20.3 Å². The molecule has 4 nitrogen and oxygen atoms in total. The fraction of sp³-hybridized carbons (Fsp3) is 0.750. The molecule has 1 aromatic rings. The molecule has 0 atom stereocenters. The van der Waals surface area contributed by atoms with Gasteiger partial charge in [-0.15, -0.1) is 0 Å². The summed E-state index contributed by atoms with van der Waals surface area (Å²) in [6.07, 6.45) is 10.8. The van der Waals surface area contributed by atoms with Gasteiger partial charge in [0, 0.05) is 5.25 Å². The van der Waals surface area contributed by atoms with Gasteiger partial charge in [-0.05, 0) is 31.6 Å².